The molecule has 0 radical (unpaired) electrons. The normalized spacial score (nSPS) is 12.1. The first-order valence-corrected chi connectivity index (χ1v) is 4.39. The zero-order valence-electron chi connectivity index (χ0n) is 8.29. The lowest BCUT2D eigenvalue weighted by molar-refractivity contribution is 0.598. The lowest BCUT2D eigenvalue weighted by atomic mass is 10.00. The minimum atomic E-state index is -0.228. The number of amidine groups is 1. The zero-order chi connectivity index (χ0) is 10.7. The first-order chi connectivity index (χ1) is 6.56. The molecule has 0 aliphatic rings. The van der Waals surface area contributed by atoms with E-state index in [0.29, 0.717) is 11.1 Å². The fourth-order valence-electron chi connectivity index (χ4n) is 1.22. The summed E-state index contributed by atoms with van der Waals surface area (Å²) in [7, 11) is 0. The van der Waals surface area contributed by atoms with Crippen molar-refractivity contribution in [1.29, 1.82) is 0 Å². The van der Waals surface area contributed by atoms with E-state index in [4.69, 9.17) is 11.6 Å². The molecular formula is C10H14FN3. The molecule has 0 bridgehead atoms. The molecule has 4 heteroatoms. The highest BCUT2D eigenvalue weighted by atomic mass is 19.1. The van der Waals surface area contributed by atoms with Gasteiger partial charge in [0.05, 0.1) is 0 Å². The van der Waals surface area contributed by atoms with Crippen molar-refractivity contribution in [2.24, 2.45) is 16.7 Å². The van der Waals surface area contributed by atoms with Crippen molar-refractivity contribution in [3.8, 4) is 0 Å². The van der Waals surface area contributed by atoms with Gasteiger partial charge in [0.25, 0.3) is 0 Å². The molecular weight excluding hydrogens is 181 g/mol. The second-order valence-corrected chi connectivity index (χ2v) is 3.41. The molecule has 0 atom stereocenters. The molecule has 1 rings (SSSR count). The monoisotopic (exact) mass is 195 g/mol. The molecule has 0 fully saturated rings. The fraction of sp³-hybridized carbons (Fsp3) is 0.300. The Bertz CT molecular complexity index is 358. The van der Waals surface area contributed by atoms with Crippen molar-refractivity contribution in [2.45, 2.75) is 19.8 Å². The van der Waals surface area contributed by atoms with Crippen LogP contribution < -0.4 is 11.6 Å². The number of hydrogen-bond donors (Lipinski definition) is 2. The Morgan fingerprint density at radius 3 is 2.57 bits per heavy atom. The standard InChI is InChI=1S/C10H14FN3/c1-6(2)8-5-7(10(12)14-13)3-4-9(8)11/h3-6H,13H2,1-2H3,(H2,12,14). The third kappa shape index (κ3) is 2.02. The molecule has 0 spiro atoms. The summed E-state index contributed by atoms with van der Waals surface area (Å²) in [6, 6.07) is 4.61. The highest BCUT2D eigenvalue weighted by molar-refractivity contribution is 5.97. The van der Waals surface area contributed by atoms with E-state index >= 15 is 0 Å². The molecule has 1 aromatic rings. The van der Waals surface area contributed by atoms with Gasteiger partial charge in [0.1, 0.15) is 11.7 Å². The Hall–Kier alpha value is -1.58. The molecule has 4 N–H and O–H groups in total. The molecule has 14 heavy (non-hydrogen) atoms. The van der Waals surface area contributed by atoms with Crippen LogP contribution in [0.1, 0.15) is 30.9 Å². The highest BCUT2D eigenvalue weighted by Gasteiger charge is 2.08. The van der Waals surface area contributed by atoms with Crippen LogP contribution in [0.15, 0.2) is 23.3 Å². The van der Waals surface area contributed by atoms with Crippen LogP contribution in [0, 0.1) is 5.82 Å². The Kier molecular flexibility index (Phi) is 3.06. The summed E-state index contributed by atoms with van der Waals surface area (Å²) in [4.78, 5) is 0. The maximum atomic E-state index is 13.3. The van der Waals surface area contributed by atoms with Gasteiger partial charge in [0.15, 0.2) is 0 Å². The maximum absolute atomic E-state index is 13.3. The first kappa shape index (κ1) is 10.5. The number of nitrogens with two attached hydrogens (primary N) is 2. The molecule has 0 aliphatic carbocycles. The number of hydrogen-bond acceptors (Lipinski definition) is 2. The molecule has 3 nitrogen and oxygen atoms in total. The van der Waals surface area contributed by atoms with Crippen LogP contribution in [-0.4, -0.2) is 5.84 Å². The molecule has 0 saturated heterocycles. The summed E-state index contributed by atoms with van der Waals surface area (Å²) in [6.45, 7) is 3.83. The van der Waals surface area contributed by atoms with Gasteiger partial charge >= 0.3 is 0 Å². The van der Waals surface area contributed by atoms with Crippen molar-refractivity contribution < 1.29 is 4.39 Å². The minimum absolute atomic E-state index is 0.112. The fourth-order valence-corrected chi connectivity index (χ4v) is 1.22. The van der Waals surface area contributed by atoms with Crippen LogP contribution in [0.25, 0.3) is 0 Å². The van der Waals surface area contributed by atoms with Crippen LogP contribution in [0.5, 0.6) is 0 Å². The van der Waals surface area contributed by atoms with Gasteiger partial charge in [-0.2, -0.15) is 5.10 Å². The average molecular weight is 195 g/mol. The van der Waals surface area contributed by atoms with E-state index in [1.54, 1.807) is 12.1 Å². The summed E-state index contributed by atoms with van der Waals surface area (Å²) in [5.74, 6) is 5.14. The van der Waals surface area contributed by atoms with Crippen molar-refractivity contribution in [3.63, 3.8) is 0 Å². The van der Waals surface area contributed by atoms with Gasteiger partial charge in [-0.1, -0.05) is 13.8 Å². The molecule has 0 heterocycles. The summed E-state index contributed by atoms with van der Waals surface area (Å²) < 4.78 is 13.3. The summed E-state index contributed by atoms with van der Waals surface area (Å²) >= 11 is 0. The van der Waals surface area contributed by atoms with Crippen LogP contribution >= 0.6 is 0 Å². The molecule has 0 aliphatic heterocycles. The topological polar surface area (TPSA) is 64.4 Å². The molecule has 0 amide bonds. The van der Waals surface area contributed by atoms with Crippen LogP contribution in [0.2, 0.25) is 0 Å². The van der Waals surface area contributed by atoms with E-state index in [-0.39, 0.29) is 17.6 Å². The SMILES string of the molecule is CC(C)c1cc(/C(N)=N/N)ccc1F. The lowest BCUT2D eigenvalue weighted by Gasteiger charge is -2.08. The molecule has 0 unspecified atom stereocenters. The average Bonchev–Trinajstić information content (AvgIpc) is 2.17. The van der Waals surface area contributed by atoms with E-state index in [1.165, 1.54) is 6.07 Å². The highest BCUT2D eigenvalue weighted by Crippen LogP contribution is 2.19. The third-order valence-corrected chi connectivity index (χ3v) is 2.05. The van der Waals surface area contributed by atoms with E-state index in [9.17, 15) is 4.39 Å². The van der Waals surface area contributed by atoms with E-state index in [2.05, 4.69) is 5.10 Å². The number of hydrazone groups is 1. The van der Waals surface area contributed by atoms with Gasteiger partial charge in [-0.3, -0.25) is 0 Å². The van der Waals surface area contributed by atoms with Crippen LogP contribution in [0.4, 0.5) is 4.39 Å². The molecule has 0 aromatic heterocycles. The number of rotatable bonds is 2. The van der Waals surface area contributed by atoms with Gasteiger partial charge in [0.2, 0.25) is 0 Å². The Balaban J connectivity index is 3.19. The largest absolute Gasteiger partial charge is 0.382 e. The van der Waals surface area contributed by atoms with Gasteiger partial charge in [-0.05, 0) is 29.7 Å². The van der Waals surface area contributed by atoms with Gasteiger partial charge in [-0.15, -0.1) is 0 Å². The Morgan fingerprint density at radius 1 is 1.43 bits per heavy atom. The second-order valence-electron chi connectivity index (χ2n) is 3.41. The van der Waals surface area contributed by atoms with Gasteiger partial charge in [-0.25, -0.2) is 4.39 Å². The lowest BCUT2D eigenvalue weighted by Crippen LogP contribution is -2.16. The molecule has 0 saturated carbocycles. The van der Waals surface area contributed by atoms with Crippen molar-refractivity contribution in [2.75, 3.05) is 0 Å². The molecule has 76 valence electrons. The van der Waals surface area contributed by atoms with Crippen molar-refractivity contribution >= 4 is 5.84 Å². The predicted octanol–water partition coefficient (Wildman–Crippen LogP) is 1.53. The van der Waals surface area contributed by atoms with Crippen molar-refractivity contribution in [1.82, 2.24) is 0 Å². The Labute approximate surface area is 82.6 Å². The molecule has 1 aromatic carbocycles. The van der Waals surface area contributed by atoms with Crippen molar-refractivity contribution in [3.05, 3.63) is 35.1 Å². The van der Waals surface area contributed by atoms with Gasteiger partial charge < -0.3 is 11.6 Å². The van der Waals surface area contributed by atoms with E-state index < -0.39 is 0 Å². The Morgan fingerprint density at radius 2 is 2.07 bits per heavy atom. The summed E-state index contributed by atoms with van der Waals surface area (Å²) in [5.41, 5.74) is 6.79. The minimum Gasteiger partial charge on any atom is -0.382 e. The van der Waals surface area contributed by atoms with E-state index in [1.807, 2.05) is 13.8 Å². The summed E-state index contributed by atoms with van der Waals surface area (Å²) in [5, 5.41) is 3.36. The second kappa shape index (κ2) is 4.09. The zero-order valence-corrected chi connectivity index (χ0v) is 8.29. The predicted molar refractivity (Wildman–Crippen MR) is 55.4 cm³/mol. The number of benzene rings is 1. The van der Waals surface area contributed by atoms with Crippen LogP contribution in [-0.2, 0) is 0 Å². The first-order valence-electron chi connectivity index (χ1n) is 4.39. The third-order valence-electron chi connectivity index (χ3n) is 2.05. The maximum Gasteiger partial charge on any atom is 0.150 e. The van der Waals surface area contributed by atoms with Crippen LogP contribution in [0.3, 0.4) is 0 Å². The quantitative estimate of drug-likeness (QED) is 0.325. The smallest absolute Gasteiger partial charge is 0.150 e. The van der Waals surface area contributed by atoms with E-state index in [0.717, 1.165) is 0 Å². The van der Waals surface area contributed by atoms with Gasteiger partial charge in [0, 0.05) is 5.56 Å². The number of nitrogens with zero attached hydrogens (tertiary/aromatic N) is 1. The summed E-state index contributed by atoms with van der Waals surface area (Å²) in [6.07, 6.45) is 0. The number of halogens is 1.